The topological polar surface area (TPSA) is 39.6 Å². The van der Waals surface area contributed by atoms with Gasteiger partial charge >= 0.3 is 0 Å². The summed E-state index contributed by atoms with van der Waals surface area (Å²) in [6.07, 6.45) is 6.70. The average molecular weight is 293 g/mol. The highest BCUT2D eigenvalue weighted by molar-refractivity contribution is 7.15. The van der Waals surface area contributed by atoms with Crippen LogP contribution in [0.1, 0.15) is 48.8 Å². The van der Waals surface area contributed by atoms with Gasteiger partial charge in [0.2, 0.25) is 0 Å². The van der Waals surface area contributed by atoms with Gasteiger partial charge < -0.3 is 10.0 Å². The number of aryl methyl sites for hydroxylation is 1. The molecule has 2 atom stereocenters. The molecule has 0 bridgehead atoms. The molecule has 20 heavy (non-hydrogen) atoms. The minimum atomic E-state index is -0.321. The second-order valence-corrected chi connectivity index (χ2v) is 7.41. The van der Waals surface area contributed by atoms with Crippen molar-refractivity contribution < 1.29 is 5.11 Å². The van der Waals surface area contributed by atoms with Crippen LogP contribution in [0.5, 0.6) is 0 Å². The zero-order chi connectivity index (χ0) is 13.5. The minimum absolute atomic E-state index is 0.321. The third kappa shape index (κ3) is 2.26. The predicted octanol–water partition coefficient (Wildman–Crippen LogP) is 2.19. The molecule has 1 aromatic rings. The number of anilines is 1. The lowest BCUT2D eigenvalue weighted by atomic mass is 10.0. The molecule has 0 aromatic carbocycles. The van der Waals surface area contributed by atoms with E-state index in [1.165, 1.54) is 37.2 Å². The molecule has 2 unspecified atom stereocenters. The smallest absolute Gasteiger partial charge is 0.185 e. The molecule has 1 aromatic heterocycles. The summed E-state index contributed by atoms with van der Waals surface area (Å²) in [5, 5.41) is 11.3. The number of hydrogen-bond donors (Lipinski definition) is 1. The first kappa shape index (κ1) is 13.0. The number of hydrogen-bond acceptors (Lipinski definition) is 5. The number of rotatable bonds is 1. The molecule has 2 aliphatic heterocycles. The van der Waals surface area contributed by atoms with E-state index in [0.29, 0.717) is 0 Å². The lowest BCUT2D eigenvalue weighted by Crippen LogP contribution is -2.36. The largest absolute Gasteiger partial charge is 0.387 e. The SMILES string of the molecule is OC1CCCc2sc(N3CCCN4CCCC4C3)nc21. The van der Waals surface area contributed by atoms with Gasteiger partial charge in [-0.2, -0.15) is 0 Å². The standard InChI is InChI=1S/C15H23N3OS/c19-12-5-1-6-13-14(12)16-15(20-13)18-9-3-8-17-7-2-4-11(17)10-18/h11-12,19H,1-10H2. The van der Waals surface area contributed by atoms with Gasteiger partial charge in [-0.25, -0.2) is 4.98 Å². The Balaban J connectivity index is 1.57. The molecule has 4 nitrogen and oxygen atoms in total. The van der Waals surface area contributed by atoms with Crippen molar-refractivity contribution in [2.24, 2.45) is 0 Å². The molecule has 3 heterocycles. The quantitative estimate of drug-likeness (QED) is 0.861. The van der Waals surface area contributed by atoms with Crippen LogP contribution in [0.15, 0.2) is 0 Å². The first-order valence-corrected chi connectivity index (χ1v) is 8.79. The van der Waals surface area contributed by atoms with Crippen LogP contribution >= 0.6 is 11.3 Å². The Bertz CT molecular complexity index is 489. The van der Waals surface area contributed by atoms with Crippen LogP contribution in [0.2, 0.25) is 0 Å². The van der Waals surface area contributed by atoms with E-state index >= 15 is 0 Å². The minimum Gasteiger partial charge on any atom is -0.387 e. The summed E-state index contributed by atoms with van der Waals surface area (Å²) >= 11 is 1.83. The number of aliphatic hydroxyl groups is 1. The van der Waals surface area contributed by atoms with Crippen LogP contribution < -0.4 is 4.90 Å². The Labute approximate surface area is 124 Å². The van der Waals surface area contributed by atoms with Crippen molar-refractivity contribution in [3.05, 3.63) is 10.6 Å². The number of fused-ring (bicyclic) bond motifs is 2. The zero-order valence-electron chi connectivity index (χ0n) is 11.9. The Morgan fingerprint density at radius 3 is 2.90 bits per heavy atom. The van der Waals surface area contributed by atoms with E-state index in [1.807, 2.05) is 11.3 Å². The molecule has 4 rings (SSSR count). The van der Waals surface area contributed by atoms with E-state index in [1.54, 1.807) is 0 Å². The van der Waals surface area contributed by atoms with Crippen molar-refractivity contribution in [2.75, 3.05) is 31.1 Å². The monoisotopic (exact) mass is 293 g/mol. The van der Waals surface area contributed by atoms with Crippen LogP contribution in [-0.4, -0.2) is 47.2 Å². The van der Waals surface area contributed by atoms with Crippen molar-refractivity contribution in [3.8, 4) is 0 Å². The van der Waals surface area contributed by atoms with E-state index < -0.39 is 0 Å². The Hall–Kier alpha value is -0.650. The van der Waals surface area contributed by atoms with Crippen LogP contribution in [0.3, 0.4) is 0 Å². The molecular formula is C15H23N3OS. The average Bonchev–Trinajstić information content (AvgIpc) is 3.02. The van der Waals surface area contributed by atoms with Crippen molar-refractivity contribution in [1.82, 2.24) is 9.88 Å². The first-order chi connectivity index (χ1) is 9.81. The van der Waals surface area contributed by atoms with Crippen molar-refractivity contribution in [3.63, 3.8) is 0 Å². The van der Waals surface area contributed by atoms with Gasteiger partial charge in [0, 0.05) is 30.6 Å². The summed E-state index contributed by atoms with van der Waals surface area (Å²) in [7, 11) is 0. The van der Waals surface area contributed by atoms with Gasteiger partial charge in [-0.15, -0.1) is 11.3 Å². The second-order valence-electron chi connectivity index (χ2n) is 6.34. The highest BCUT2D eigenvalue weighted by atomic mass is 32.1. The summed E-state index contributed by atoms with van der Waals surface area (Å²) in [6.45, 7) is 4.78. The Morgan fingerprint density at radius 1 is 1.10 bits per heavy atom. The second kappa shape index (κ2) is 5.28. The van der Waals surface area contributed by atoms with E-state index in [2.05, 4.69) is 9.80 Å². The van der Waals surface area contributed by atoms with Crippen molar-refractivity contribution >= 4 is 16.5 Å². The van der Waals surface area contributed by atoms with Gasteiger partial charge in [-0.3, -0.25) is 4.90 Å². The van der Waals surface area contributed by atoms with Crippen molar-refractivity contribution in [1.29, 1.82) is 0 Å². The maximum atomic E-state index is 10.1. The summed E-state index contributed by atoms with van der Waals surface area (Å²) in [5.41, 5.74) is 0.976. The molecule has 110 valence electrons. The van der Waals surface area contributed by atoms with Gasteiger partial charge in [0.25, 0.3) is 0 Å². The van der Waals surface area contributed by atoms with Gasteiger partial charge in [0.15, 0.2) is 5.13 Å². The van der Waals surface area contributed by atoms with Gasteiger partial charge in [-0.05, 0) is 45.1 Å². The molecule has 3 aliphatic rings. The maximum absolute atomic E-state index is 10.1. The molecule has 0 radical (unpaired) electrons. The molecule has 1 aliphatic carbocycles. The molecule has 2 saturated heterocycles. The number of aromatic nitrogens is 1. The molecular weight excluding hydrogens is 270 g/mol. The lowest BCUT2D eigenvalue weighted by molar-refractivity contribution is 0.153. The van der Waals surface area contributed by atoms with Crippen LogP contribution in [-0.2, 0) is 6.42 Å². The Morgan fingerprint density at radius 2 is 2.00 bits per heavy atom. The summed E-state index contributed by atoms with van der Waals surface area (Å²) in [6, 6.07) is 0.725. The van der Waals surface area contributed by atoms with E-state index in [4.69, 9.17) is 4.98 Å². The van der Waals surface area contributed by atoms with Crippen LogP contribution in [0.4, 0.5) is 5.13 Å². The van der Waals surface area contributed by atoms with Crippen molar-refractivity contribution in [2.45, 2.75) is 50.7 Å². The maximum Gasteiger partial charge on any atom is 0.185 e. The molecule has 5 heteroatoms. The van der Waals surface area contributed by atoms with Gasteiger partial charge in [-0.1, -0.05) is 0 Å². The highest BCUT2D eigenvalue weighted by Crippen LogP contribution is 2.37. The van der Waals surface area contributed by atoms with Gasteiger partial charge in [0.1, 0.15) is 0 Å². The number of thiazole rings is 1. The fourth-order valence-electron chi connectivity index (χ4n) is 3.90. The highest BCUT2D eigenvalue weighted by Gasteiger charge is 2.31. The van der Waals surface area contributed by atoms with E-state index in [0.717, 1.165) is 49.2 Å². The third-order valence-electron chi connectivity index (χ3n) is 4.99. The van der Waals surface area contributed by atoms with E-state index in [-0.39, 0.29) is 6.10 Å². The predicted molar refractivity (Wildman–Crippen MR) is 81.4 cm³/mol. The zero-order valence-corrected chi connectivity index (χ0v) is 12.7. The fraction of sp³-hybridized carbons (Fsp3) is 0.800. The lowest BCUT2D eigenvalue weighted by Gasteiger charge is -2.25. The number of nitrogens with zero attached hydrogens (tertiary/aromatic N) is 3. The summed E-state index contributed by atoms with van der Waals surface area (Å²) in [4.78, 5) is 11.2. The number of aliphatic hydroxyl groups excluding tert-OH is 1. The summed E-state index contributed by atoms with van der Waals surface area (Å²) < 4.78 is 0. The normalized spacial score (nSPS) is 30.9. The summed E-state index contributed by atoms with van der Waals surface area (Å²) in [5.74, 6) is 0. The molecule has 2 fully saturated rings. The fourth-order valence-corrected chi connectivity index (χ4v) is 5.09. The molecule has 0 amide bonds. The van der Waals surface area contributed by atoms with E-state index in [9.17, 15) is 5.11 Å². The third-order valence-corrected chi connectivity index (χ3v) is 6.18. The van der Waals surface area contributed by atoms with Crippen LogP contribution in [0, 0.1) is 0 Å². The first-order valence-electron chi connectivity index (χ1n) is 7.98. The Kier molecular flexibility index (Phi) is 3.44. The van der Waals surface area contributed by atoms with Crippen LogP contribution in [0.25, 0.3) is 0 Å². The molecule has 0 saturated carbocycles. The van der Waals surface area contributed by atoms with Gasteiger partial charge in [0.05, 0.1) is 11.8 Å². The molecule has 0 spiro atoms. The molecule has 1 N–H and O–H groups in total.